The van der Waals surface area contributed by atoms with E-state index in [9.17, 15) is 14.4 Å². The first-order chi connectivity index (χ1) is 11.7. The molecular formula is C18H20N2O4S. The molecule has 0 saturated carbocycles. The third kappa shape index (κ3) is 4.90. The van der Waals surface area contributed by atoms with E-state index in [0.29, 0.717) is 10.6 Å². The molecule has 0 aliphatic heterocycles. The summed E-state index contributed by atoms with van der Waals surface area (Å²) in [7, 11) is 0. The molecule has 0 radical (unpaired) electrons. The van der Waals surface area contributed by atoms with Crippen LogP contribution in [0.5, 0.6) is 0 Å². The van der Waals surface area contributed by atoms with Crippen LogP contribution in [0, 0.1) is 0 Å². The fourth-order valence-corrected chi connectivity index (χ4v) is 2.89. The van der Waals surface area contributed by atoms with Crippen LogP contribution in [0.3, 0.4) is 0 Å². The van der Waals surface area contributed by atoms with Crippen molar-refractivity contribution in [3.05, 3.63) is 52.4 Å². The van der Waals surface area contributed by atoms with Crippen LogP contribution < -0.4 is 11.1 Å². The minimum atomic E-state index is -0.632. The van der Waals surface area contributed by atoms with E-state index in [4.69, 9.17) is 10.5 Å². The van der Waals surface area contributed by atoms with Gasteiger partial charge < -0.3 is 15.8 Å². The van der Waals surface area contributed by atoms with Crippen LogP contribution in [0.1, 0.15) is 47.1 Å². The van der Waals surface area contributed by atoms with Crippen LogP contribution in [-0.2, 0) is 14.9 Å². The number of carbonyl (C=O) groups is 3. The highest BCUT2D eigenvalue weighted by atomic mass is 32.1. The van der Waals surface area contributed by atoms with E-state index in [1.807, 2.05) is 12.1 Å². The van der Waals surface area contributed by atoms with Gasteiger partial charge in [-0.15, -0.1) is 11.3 Å². The minimum Gasteiger partial charge on any atom is -0.452 e. The third-order valence-corrected chi connectivity index (χ3v) is 4.33. The smallest absolute Gasteiger partial charge is 0.338 e. The number of rotatable bonds is 5. The standard InChI is InChI=1S/C18H20N2O4S/c1-18(2,3)12-6-4-11(5-7-12)17(23)24-10-14(21)20-16-13(15(19)22)8-9-25-16/h4-9H,10H2,1-3H3,(H2,19,22)(H,20,21). The van der Waals surface area contributed by atoms with Gasteiger partial charge in [-0.25, -0.2) is 4.79 Å². The molecule has 0 bridgehead atoms. The Labute approximate surface area is 150 Å². The molecule has 0 unspecified atom stereocenters. The molecule has 132 valence electrons. The first-order valence-electron chi connectivity index (χ1n) is 7.63. The summed E-state index contributed by atoms with van der Waals surface area (Å²) in [5, 5.41) is 4.48. The summed E-state index contributed by atoms with van der Waals surface area (Å²) in [4.78, 5) is 35.1. The molecule has 0 saturated heterocycles. The summed E-state index contributed by atoms with van der Waals surface area (Å²) in [6.07, 6.45) is 0. The second kappa shape index (κ2) is 7.48. The summed E-state index contributed by atoms with van der Waals surface area (Å²) < 4.78 is 5.00. The normalized spacial score (nSPS) is 11.0. The Morgan fingerprint density at radius 1 is 1.12 bits per heavy atom. The predicted molar refractivity (Wildman–Crippen MR) is 96.9 cm³/mol. The molecule has 1 heterocycles. The Hall–Kier alpha value is -2.67. The lowest BCUT2D eigenvalue weighted by Gasteiger charge is -2.18. The van der Waals surface area contributed by atoms with Gasteiger partial charge in [-0.05, 0) is 34.6 Å². The summed E-state index contributed by atoms with van der Waals surface area (Å²) in [6, 6.07) is 8.59. The lowest BCUT2D eigenvalue weighted by molar-refractivity contribution is -0.119. The van der Waals surface area contributed by atoms with Gasteiger partial charge in [-0.2, -0.15) is 0 Å². The number of nitrogens with two attached hydrogens (primary N) is 1. The van der Waals surface area contributed by atoms with Gasteiger partial charge in [0.05, 0.1) is 11.1 Å². The molecule has 25 heavy (non-hydrogen) atoms. The van der Waals surface area contributed by atoms with E-state index in [1.54, 1.807) is 17.5 Å². The Morgan fingerprint density at radius 2 is 1.76 bits per heavy atom. The number of esters is 1. The fraction of sp³-hybridized carbons (Fsp3) is 0.278. The lowest BCUT2D eigenvalue weighted by Crippen LogP contribution is -2.22. The van der Waals surface area contributed by atoms with E-state index >= 15 is 0 Å². The number of benzene rings is 1. The van der Waals surface area contributed by atoms with Crippen molar-refractivity contribution < 1.29 is 19.1 Å². The highest BCUT2D eigenvalue weighted by molar-refractivity contribution is 7.14. The molecule has 6 nitrogen and oxygen atoms in total. The average Bonchev–Trinajstić information content (AvgIpc) is 3.00. The monoisotopic (exact) mass is 360 g/mol. The quantitative estimate of drug-likeness (QED) is 0.801. The van der Waals surface area contributed by atoms with Gasteiger partial charge in [-0.1, -0.05) is 32.9 Å². The molecule has 0 spiro atoms. The van der Waals surface area contributed by atoms with Crippen molar-refractivity contribution in [3.8, 4) is 0 Å². The van der Waals surface area contributed by atoms with Crippen molar-refractivity contribution in [2.45, 2.75) is 26.2 Å². The molecule has 2 amide bonds. The number of thiophene rings is 1. The summed E-state index contributed by atoms with van der Waals surface area (Å²) in [5.41, 5.74) is 6.88. The highest BCUT2D eigenvalue weighted by Gasteiger charge is 2.16. The van der Waals surface area contributed by atoms with Crippen LogP contribution in [0.25, 0.3) is 0 Å². The number of hydrogen-bond acceptors (Lipinski definition) is 5. The van der Waals surface area contributed by atoms with Crippen LogP contribution >= 0.6 is 11.3 Å². The first-order valence-corrected chi connectivity index (χ1v) is 8.51. The van der Waals surface area contributed by atoms with Gasteiger partial charge in [0.25, 0.3) is 11.8 Å². The molecular weight excluding hydrogens is 340 g/mol. The van der Waals surface area contributed by atoms with Gasteiger partial charge in [0.2, 0.25) is 0 Å². The van der Waals surface area contributed by atoms with Crippen molar-refractivity contribution in [1.82, 2.24) is 0 Å². The molecule has 0 aliphatic rings. The first kappa shape index (κ1) is 18.7. The summed E-state index contributed by atoms with van der Waals surface area (Å²) in [6.45, 7) is 5.79. The SMILES string of the molecule is CC(C)(C)c1ccc(C(=O)OCC(=O)Nc2sccc2C(N)=O)cc1. The van der Waals surface area contributed by atoms with Gasteiger partial charge in [-0.3, -0.25) is 9.59 Å². The Balaban J connectivity index is 1.92. The minimum absolute atomic E-state index is 0.0127. The molecule has 2 rings (SSSR count). The Morgan fingerprint density at radius 3 is 2.32 bits per heavy atom. The van der Waals surface area contributed by atoms with Crippen LogP contribution in [0.15, 0.2) is 35.7 Å². The molecule has 3 N–H and O–H groups in total. The molecule has 0 aliphatic carbocycles. The van der Waals surface area contributed by atoms with Gasteiger partial charge in [0.1, 0.15) is 5.00 Å². The Kier molecular flexibility index (Phi) is 5.58. The largest absolute Gasteiger partial charge is 0.452 e. The third-order valence-electron chi connectivity index (χ3n) is 3.50. The Bertz CT molecular complexity index is 788. The highest BCUT2D eigenvalue weighted by Crippen LogP contribution is 2.23. The van der Waals surface area contributed by atoms with Gasteiger partial charge >= 0.3 is 5.97 Å². The van der Waals surface area contributed by atoms with Gasteiger partial charge in [0.15, 0.2) is 6.61 Å². The van der Waals surface area contributed by atoms with Crippen molar-refractivity contribution in [2.24, 2.45) is 5.73 Å². The topological polar surface area (TPSA) is 98.5 Å². The molecule has 0 fully saturated rings. The second-order valence-electron chi connectivity index (χ2n) is 6.48. The number of ether oxygens (including phenoxy) is 1. The number of amides is 2. The zero-order chi connectivity index (χ0) is 18.6. The average molecular weight is 360 g/mol. The van der Waals surface area contributed by atoms with Crippen molar-refractivity contribution in [2.75, 3.05) is 11.9 Å². The number of primary amides is 1. The fourth-order valence-electron chi connectivity index (χ4n) is 2.08. The van der Waals surface area contributed by atoms with Crippen molar-refractivity contribution in [1.29, 1.82) is 0 Å². The lowest BCUT2D eigenvalue weighted by atomic mass is 9.87. The second-order valence-corrected chi connectivity index (χ2v) is 7.40. The van der Waals surface area contributed by atoms with Crippen LogP contribution in [0.2, 0.25) is 0 Å². The number of carbonyl (C=O) groups excluding carboxylic acids is 3. The van der Waals surface area contributed by atoms with E-state index < -0.39 is 24.4 Å². The van der Waals surface area contributed by atoms with E-state index in [-0.39, 0.29) is 11.0 Å². The maximum absolute atomic E-state index is 12.0. The molecule has 0 atom stereocenters. The zero-order valence-corrected chi connectivity index (χ0v) is 15.1. The number of nitrogens with one attached hydrogen (secondary N) is 1. The molecule has 2 aromatic rings. The van der Waals surface area contributed by atoms with Crippen LogP contribution in [0.4, 0.5) is 5.00 Å². The summed E-state index contributed by atoms with van der Waals surface area (Å²) >= 11 is 1.17. The maximum atomic E-state index is 12.0. The van der Waals surface area contributed by atoms with Crippen molar-refractivity contribution in [3.63, 3.8) is 0 Å². The van der Waals surface area contributed by atoms with E-state index in [0.717, 1.165) is 5.56 Å². The van der Waals surface area contributed by atoms with E-state index in [2.05, 4.69) is 26.1 Å². The molecule has 7 heteroatoms. The predicted octanol–water partition coefficient (Wildman–Crippen LogP) is 2.94. The van der Waals surface area contributed by atoms with Crippen LogP contribution in [-0.4, -0.2) is 24.4 Å². The molecule has 1 aromatic carbocycles. The number of hydrogen-bond donors (Lipinski definition) is 2. The zero-order valence-electron chi connectivity index (χ0n) is 14.3. The summed E-state index contributed by atoms with van der Waals surface area (Å²) in [5.74, 6) is -1.76. The maximum Gasteiger partial charge on any atom is 0.338 e. The number of anilines is 1. The molecule has 1 aromatic heterocycles. The van der Waals surface area contributed by atoms with Gasteiger partial charge in [0, 0.05) is 0 Å². The van der Waals surface area contributed by atoms with Crippen molar-refractivity contribution >= 4 is 34.1 Å². The van der Waals surface area contributed by atoms with E-state index in [1.165, 1.54) is 17.4 Å².